The number of carbonyl (C=O) groups excluding carboxylic acids is 2. The lowest BCUT2D eigenvalue weighted by Crippen LogP contribution is -2.45. The molecule has 2 aromatic rings. The van der Waals surface area contributed by atoms with E-state index >= 15 is 0 Å². The van der Waals surface area contributed by atoms with Crippen LogP contribution in [0.2, 0.25) is 0 Å². The van der Waals surface area contributed by atoms with Crippen LogP contribution in [0, 0.1) is 0 Å². The van der Waals surface area contributed by atoms with E-state index in [0.717, 1.165) is 16.9 Å². The van der Waals surface area contributed by atoms with Gasteiger partial charge in [0.05, 0.1) is 24.7 Å². The normalized spacial score (nSPS) is 21.8. The summed E-state index contributed by atoms with van der Waals surface area (Å²) < 4.78 is 35.4. The first-order chi connectivity index (χ1) is 18.4. The number of hydrogen-bond acceptors (Lipinski definition) is 7. The van der Waals surface area contributed by atoms with Gasteiger partial charge in [-0.05, 0) is 50.5 Å². The third-order valence-corrected chi connectivity index (χ3v) is 9.70. The summed E-state index contributed by atoms with van der Waals surface area (Å²) in [7, 11) is -1.55. The molecule has 2 aliphatic heterocycles. The van der Waals surface area contributed by atoms with Crippen molar-refractivity contribution >= 4 is 38.8 Å². The van der Waals surface area contributed by atoms with Crippen molar-refractivity contribution in [2.24, 2.45) is 4.99 Å². The van der Waals surface area contributed by atoms with Gasteiger partial charge >= 0.3 is 6.09 Å². The highest BCUT2D eigenvalue weighted by atomic mass is 32.2. The average Bonchev–Trinajstić information content (AvgIpc) is 3.32. The smallest absolute Gasteiger partial charge is 0.408 e. The Morgan fingerprint density at radius 1 is 1.08 bits per heavy atom. The van der Waals surface area contributed by atoms with Crippen molar-refractivity contribution in [3.05, 3.63) is 65.7 Å². The van der Waals surface area contributed by atoms with Crippen LogP contribution in [-0.4, -0.2) is 78.6 Å². The Labute approximate surface area is 234 Å². The van der Waals surface area contributed by atoms with Gasteiger partial charge in [0.2, 0.25) is 0 Å². The number of benzene rings is 2. The topological polar surface area (TPSA) is 114 Å². The predicted molar refractivity (Wildman–Crippen MR) is 153 cm³/mol. The molecule has 0 radical (unpaired) electrons. The zero-order valence-electron chi connectivity index (χ0n) is 22.6. The van der Waals surface area contributed by atoms with Crippen molar-refractivity contribution in [2.45, 2.75) is 56.5 Å². The third-order valence-electron chi connectivity index (χ3n) is 6.45. The molecular formula is C28H35N3O6S2. The number of carbonyl (C=O) groups is 2. The van der Waals surface area contributed by atoms with Crippen LogP contribution >= 0.6 is 11.8 Å². The van der Waals surface area contributed by atoms with E-state index in [1.165, 1.54) is 11.8 Å². The van der Waals surface area contributed by atoms with Crippen LogP contribution in [0.1, 0.15) is 31.9 Å². The number of nitrogens with one attached hydrogen (secondary N) is 1. The van der Waals surface area contributed by atoms with Crippen molar-refractivity contribution < 1.29 is 27.5 Å². The molecule has 0 aromatic heterocycles. The quantitative estimate of drug-likeness (QED) is 0.511. The Bertz CT molecular complexity index is 1310. The first-order valence-corrected chi connectivity index (χ1v) is 15.6. The zero-order valence-corrected chi connectivity index (χ0v) is 24.3. The molecule has 39 heavy (non-hydrogen) atoms. The minimum atomic E-state index is -3.17. The first kappa shape index (κ1) is 28.9. The maximum absolute atomic E-state index is 13.5. The number of amides is 2. The molecule has 3 unspecified atom stereocenters. The SMILES string of the molecule is COc1ccc(CCN2C(=NC(=O)C(Cc3ccccc3)NC(=O)OC(C)(C)C)SC3CS(=O)(=O)CC32)cc1. The van der Waals surface area contributed by atoms with Crippen molar-refractivity contribution in [3.8, 4) is 5.75 Å². The second-order valence-electron chi connectivity index (χ2n) is 10.7. The van der Waals surface area contributed by atoms with E-state index in [1.54, 1.807) is 27.9 Å². The number of fused-ring (bicyclic) bond motifs is 1. The molecule has 2 aromatic carbocycles. The molecule has 4 rings (SSSR count). The summed E-state index contributed by atoms with van der Waals surface area (Å²) in [6.45, 7) is 5.77. The number of amidine groups is 1. The summed E-state index contributed by atoms with van der Waals surface area (Å²) in [5.41, 5.74) is 1.20. The minimum absolute atomic E-state index is 0.0318. The standard InChI is InChI=1S/C28H35N3O6S2/c1-28(2,3)37-27(33)29-22(16-20-8-6-5-7-9-20)25(32)30-26-31(23-17-39(34,35)18-24(23)38-26)15-14-19-10-12-21(36-4)13-11-19/h5-13,22-24H,14-18H2,1-4H3,(H,29,33). The summed E-state index contributed by atoms with van der Waals surface area (Å²) >= 11 is 1.33. The van der Waals surface area contributed by atoms with E-state index in [0.29, 0.717) is 18.1 Å². The lowest BCUT2D eigenvalue weighted by molar-refractivity contribution is -0.119. The number of alkyl carbamates (subject to hydrolysis) is 1. The number of aliphatic imine (C=N–C) groups is 1. The van der Waals surface area contributed by atoms with Crippen LogP contribution in [0.25, 0.3) is 0 Å². The van der Waals surface area contributed by atoms with Gasteiger partial charge in [0.25, 0.3) is 5.91 Å². The highest BCUT2D eigenvalue weighted by molar-refractivity contribution is 8.15. The third kappa shape index (κ3) is 7.98. The van der Waals surface area contributed by atoms with Crippen LogP contribution in [0.15, 0.2) is 59.6 Å². The summed E-state index contributed by atoms with van der Waals surface area (Å²) in [6.07, 6.45) is 0.188. The van der Waals surface area contributed by atoms with Crippen molar-refractivity contribution in [1.29, 1.82) is 0 Å². The molecule has 3 atom stereocenters. The van der Waals surface area contributed by atoms with Gasteiger partial charge in [-0.15, -0.1) is 0 Å². The molecule has 2 aliphatic rings. The number of sulfone groups is 1. The van der Waals surface area contributed by atoms with Crippen LogP contribution < -0.4 is 10.1 Å². The molecule has 0 bridgehead atoms. The van der Waals surface area contributed by atoms with Crippen LogP contribution in [-0.2, 0) is 32.2 Å². The van der Waals surface area contributed by atoms with E-state index in [2.05, 4.69) is 10.3 Å². The summed E-state index contributed by atoms with van der Waals surface area (Å²) in [5.74, 6) is 0.333. The predicted octanol–water partition coefficient (Wildman–Crippen LogP) is 3.47. The zero-order chi connectivity index (χ0) is 28.2. The van der Waals surface area contributed by atoms with Gasteiger partial charge in [-0.1, -0.05) is 54.2 Å². The molecule has 11 heteroatoms. The van der Waals surface area contributed by atoms with Gasteiger partial charge < -0.3 is 19.7 Å². The van der Waals surface area contributed by atoms with Crippen LogP contribution in [0.4, 0.5) is 4.79 Å². The van der Waals surface area contributed by atoms with E-state index in [9.17, 15) is 18.0 Å². The molecule has 0 aliphatic carbocycles. The Balaban J connectivity index is 1.56. The number of rotatable bonds is 8. The lowest BCUT2D eigenvalue weighted by atomic mass is 10.1. The Kier molecular flexibility index (Phi) is 8.90. The Hall–Kier alpha value is -3.05. The molecule has 2 saturated heterocycles. The monoisotopic (exact) mass is 573 g/mol. The number of nitrogens with zero attached hydrogens (tertiary/aromatic N) is 2. The fraction of sp³-hybridized carbons (Fsp3) is 0.464. The number of thioether (sulfide) groups is 1. The largest absolute Gasteiger partial charge is 0.497 e. The fourth-order valence-corrected chi connectivity index (χ4v) is 8.59. The number of hydrogen-bond donors (Lipinski definition) is 1. The first-order valence-electron chi connectivity index (χ1n) is 12.8. The average molecular weight is 574 g/mol. The number of ether oxygens (including phenoxy) is 2. The highest BCUT2D eigenvalue weighted by Crippen LogP contribution is 2.38. The molecule has 0 saturated carbocycles. The molecule has 2 heterocycles. The van der Waals surface area contributed by atoms with E-state index in [-0.39, 0.29) is 29.2 Å². The summed E-state index contributed by atoms with van der Waals surface area (Å²) in [5, 5.41) is 2.99. The van der Waals surface area contributed by atoms with Crippen LogP contribution in [0.5, 0.6) is 5.75 Å². The summed E-state index contributed by atoms with van der Waals surface area (Å²) in [4.78, 5) is 32.5. The van der Waals surface area contributed by atoms with Crippen molar-refractivity contribution in [3.63, 3.8) is 0 Å². The maximum atomic E-state index is 13.5. The molecular weight excluding hydrogens is 538 g/mol. The lowest BCUT2D eigenvalue weighted by Gasteiger charge is -2.25. The maximum Gasteiger partial charge on any atom is 0.408 e. The highest BCUT2D eigenvalue weighted by Gasteiger charge is 2.48. The second kappa shape index (κ2) is 12.0. The van der Waals surface area contributed by atoms with Crippen molar-refractivity contribution in [2.75, 3.05) is 25.2 Å². The Morgan fingerprint density at radius 3 is 2.41 bits per heavy atom. The van der Waals surface area contributed by atoms with Gasteiger partial charge in [0, 0.05) is 18.2 Å². The van der Waals surface area contributed by atoms with Gasteiger partial charge in [0.15, 0.2) is 15.0 Å². The van der Waals surface area contributed by atoms with Crippen LogP contribution in [0.3, 0.4) is 0 Å². The van der Waals surface area contributed by atoms with E-state index in [4.69, 9.17) is 9.47 Å². The van der Waals surface area contributed by atoms with Gasteiger partial charge in [0.1, 0.15) is 17.4 Å². The summed E-state index contributed by atoms with van der Waals surface area (Å²) in [6, 6.07) is 15.9. The Morgan fingerprint density at radius 2 is 1.77 bits per heavy atom. The molecule has 9 nitrogen and oxygen atoms in total. The van der Waals surface area contributed by atoms with Crippen molar-refractivity contribution in [1.82, 2.24) is 10.2 Å². The number of methoxy groups -OCH3 is 1. The molecule has 0 spiro atoms. The van der Waals surface area contributed by atoms with E-state index < -0.39 is 33.5 Å². The molecule has 2 amide bonds. The van der Waals surface area contributed by atoms with E-state index in [1.807, 2.05) is 59.5 Å². The second-order valence-corrected chi connectivity index (χ2v) is 14.1. The van der Waals surface area contributed by atoms with Gasteiger partial charge in [-0.25, -0.2) is 13.2 Å². The van der Waals surface area contributed by atoms with Gasteiger partial charge in [-0.2, -0.15) is 4.99 Å². The molecule has 2 fully saturated rings. The fourth-order valence-electron chi connectivity index (χ4n) is 4.61. The van der Waals surface area contributed by atoms with Gasteiger partial charge in [-0.3, -0.25) is 4.79 Å². The molecule has 1 N–H and O–H groups in total. The molecule has 210 valence electrons. The minimum Gasteiger partial charge on any atom is -0.497 e.